The van der Waals surface area contributed by atoms with Crippen molar-refractivity contribution < 1.29 is 17.9 Å². The second-order valence-corrected chi connectivity index (χ2v) is 5.84. The molecule has 0 saturated carbocycles. The molecule has 0 aliphatic carbocycles. The molecule has 7 heteroatoms. The van der Waals surface area contributed by atoms with Crippen LogP contribution in [0.25, 0.3) is 0 Å². The molecule has 1 saturated heterocycles. The van der Waals surface area contributed by atoms with E-state index in [1.165, 1.54) is 6.42 Å². The maximum atomic E-state index is 12.1. The summed E-state index contributed by atoms with van der Waals surface area (Å²) in [4.78, 5) is 2.18. The number of likely N-dealkylation sites (tertiary alicyclic amines) is 1. The molecule has 1 N–H and O–H groups in total. The van der Waals surface area contributed by atoms with E-state index >= 15 is 0 Å². The van der Waals surface area contributed by atoms with Gasteiger partial charge in [0.25, 0.3) is 0 Å². The molecule has 1 heterocycles. The van der Waals surface area contributed by atoms with Gasteiger partial charge in [0.2, 0.25) is 0 Å². The Labute approximate surface area is 117 Å². The van der Waals surface area contributed by atoms with Crippen LogP contribution in [-0.4, -0.2) is 62.1 Å². The summed E-state index contributed by atoms with van der Waals surface area (Å²) in [6.07, 6.45) is 3.32. The van der Waals surface area contributed by atoms with Gasteiger partial charge in [-0.1, -0.05) is 6.42 Å². The Morgan fingerprint density at radius 2 is 2.16 bits per heavy atom. The van der Waals surface area contributed by atoms with Gasteiger partial charge in [-0.3, -0.25) is 4.90 Å². The van der Waals surface area contributed by atoms with Crippen LogP contribution in [0.2, 0.25) is 0 Å². The molecule has 1 atom stereocenters. The number of ether oxygens (including phenoxy) is 1. The van der Waals surface area contributed by atoms with Crippen LogP contribution in [0.3, 0.4) is 0 Å². The summed E-state index contributed by atoms with van der Waals surface area (Å²) in [5, 5.41) is 3.30. The largest absolute Gasteiger partial charge is 0.441 e. The average Bonchev–Trinajstić information content (AvgIpc) is 2.35. The molecule has 0 aromatic rings. The third kappa shape index (κ3) is 8.02. The Bertz CT molecular complexity index is 242. The summed E-state index contributed by atoms with van der Waals surface area (Å²) < 4.78 is 41.3. The van der Waals surface area contributed by atoms with Gasteiger partial charge in [0.15, 0.2) is 0 Å². The minimum absolute atomic E-state index is 0.0792. The highest BCUT2D eigenvalue weighted by molar-refractivity contribution is 8.00. The number of methoxy groups -OCH3 is 1. The molecule has 0 aromatic heterocycles. The fourth-order valence-electron chi connectivity index (χ4n) is 2.31. The molecule has 0 aromatic carbocycles. The quantitative estimate of drug-likeness (QED) is 0.695. The van der Waals surface area contributed by atoms with Gasteiger partial charge in [-0.15, -0.1) is 0 Å². The fourth-order valence-corrected chi connectivity index (χ4v) is 2.86. The number of halogens is 3. The van der Waals surface area contributed by atoms with Crippen LogP contribution in [0, 0.1) is 0 Å². The number of hydrogen-bond donors (Lipinski definition) is 1. The van der Waals surface area contributed by atoms with E-state index in [0.717, 1.165) is 32.5 Å². The van der Waals surface area contributed by atoms with Crippen LogP contribution in [0.15, 0.2) is 0 Å². The third-order valence-electron chi connectivity index (χ3n) is 3.26. The number of alkyl halides is 3. The van der Waals surface area contributed by atoms with Crippen LogP contribution < -0.4 is 5.32 Å². The van der Waals surface area contributed by atoms with Crippen LogP contribution in [0.1, 0.15) is 19.3 Å². The first kappa shape index (κ1) is 17.1. The summed E-state index contributed by atoms with van der Waals surface area (Å²) >= 11 is 0.0792. The van der Waals surface area contributed by atoms with E-state index in [2.05, 4.69) is 10.2 Å². The van der Waals surface area contributed by atoms with Crippen LogP contribution >= 0.6 is 11.8 Å². The monoisotopic (exact) mass is 300 g/mol. The predicted molar refractivity (Wildman–Crippen MR) is 72.5 cm³/mol. The van der Waals surface area contributed by atoms with E-state index < -0.39 is 5.51 Å². The van der Waals surface area contributed by atoms with Gasteiger partial charge in [0, 0.05) is 38.5 Å². The average molecular weight is 300 g/mol. The summed E-state index contributed by atoms with van der Waals surface area (Å²) in [6.45, 7) is 3.71. The highest BCUT2D eigenvalue weighted by atomic mass is 32.2. The van der Waals surface area contributed by atoms with Gasteiger partial charge in [0.05, 0.1) is 6.61 Å². The predicted octanol–water partition coefficient (Wildman–Crippen LogP) is 2.33. The van der Waals surface area contributed by atoms with Gasteiger partial charge < -0.3 is 10.1 Å². The second-order valence-electron chi connectivity index (χ2n) is 4.68. The summed E-state index contributed by atoms with van der Waals surface area (Å²) in [7, 11) is 1.66. The van der Waals surface area contributed by atoms with Gasteiger partial charge in [-0.25, -0.2) is 0 Å². The number of rotatable bonds is 8. The van der Waals surface area contributed by atoms with E-state index in [4.69, 9.17) is 4.74 Å². The van der Waals surface area contributed by atoms with Crippen LogP contribution in [-0.2, 0) is 4.74 Å². The van der Waals surface area contributed by atoms with Crippen molar-refractivity contribution in [2.45, 2.75) is 30.8 Å². The highest BCUT2D eigenvalue weighted by Gasteiger charge is 2.29. The van der Waals surface area contributed by atoms with E-state index in [1.807, 2.05) is 0 Å². The zero-order valence-electron chi connectivity index (χ0n) is 11.3. The standard InChI is InChI=1S/C12H23F3N2OS/c1-18-8-5-16-10-11-4-2-3-6-17(11)7-9-19-12(13,14)15/h11,16H,2-10H2,1H3. The lowest BCUT2D eigenvalue weighted by Gasteiger charge is -2.35. The second kappa shape index (κ2) is 9.05. The van der Waals surface area contributed by atoms with Gasteiger partial charge in [-0.2, -0.15) is 13.2 Å². The van der Waals surface area contributed by atoms with Gasteiger partial charge in [0.1, 0.15) is 0 Å². The SMILES string of the molecule is COCCNCC1CCCCN1CCSC(F)(F)F. The summed E-state index contributed by atoms with van der Waals surface area (Å²) in [5.74, 6) is 0.123. The van der Waals surface area contributed by atoms with Crippen molar-refractivity contribution in [3.8, 4) is 0 Å². The maximum absolute atomic E-state index is 12.1. The molecule has 1 fully saturated rings. The van der Waals surface area contributed by atoms with Crippen LogP contribution in [0.5, 0.6) is 0 Å². The van der Waals surface area contributed by atoms with Crippen molar-refractivity contribution >= 4 is 11.8 Å². The fraction of sp³-hybridized carbons (Fsp3) is 1.00. The van der Waals surface area contributed by atoms with Crippen molar-refractivity contribution in [2.24, 2.45) is 0 Å². The lowest BCUT2D eigenvalue weighted by Crippen LogP contribution is -2.46. The normalized spacial score (nSPS) is 21.8. The molecular formula is C12H23F3N2OS. The van der Waals surface area contributed by atoms with E-state index in [-0.39, 0.29) is 17.5 Å². The van der Waals surface area contributed by atoms with E-state index in [0.29, 0.717) is 19.2 Å². The first-order chi connectivity index (χ1) is 9.03. The third-order valence-corrected chi connectivity index (χ3v) is 3.97. The smallest absolute Gasteiger partial charge is 0.383 e. The molecular weight excluding hydrogens is 277 g/mol. The molecule has 0 bridgehead atoms. The maximum Gasteiger partial charge on any atom is 0.441 e. The Kier molecular flexibility index (Phi) is 8.13. The molecule has 1 unspecified atom stereocenters. The van der Waals surface area contributed by atoms with Gasteiger partial charge >= 0.3 is 5.51 Å². The number of nitrogens with zero attached hydrogens (tertiary/aromatic N) is 1. The minimum atomic E-state index is -4.11. The van der Waals surface area contributed by atoms with Crippen molar-refractivity contribution in [3.05, 3.63) is 0 Å². The van der Waals surface area contributed by atoms with Gasteiger partial charge in [-0.05, 0) is 31.1 Å². The molecule has 3 nitrogen and oxygen atoms in total. The number of nitrogens with one attached hydrogen (secondary N) is 1. The molecule has 19 heavy (non-hydrogen) atoms. The van der Waals surface area contributed by atoms with Crippen LogP contribution in [0.4, 0.5) is 13.2 Å². The molecule has 114 valence electrons. The first-order valence-electron chi connectivity index (χ1n) is 6.67. The molecule has 1 rings (SSSR count). The van der Waals surface area contributed by atoms with Crippen molar-refractivity contribution in [1.82, 2.24) is 10.2 Å². The molecule has 0 amide bonds. The minimum Gasteiger partial charge on any atom is -0.383 e. The van der Waals surface area contributed by atoms with E-state index in [9.17, 15) is 13.2 Å². The lowest BCUT2D eigenvalue weighted by molar-refractivity contribution is -0.0329. The molecule has 1 aliphatic rings. The summed E-state index contributed by atoms with van der Waals surface area (Å²) in [5.41, 5.74) is -4.11. The van der Waals surface area contributed by atoms with Crippen molar-refractivity contribution in [2.75, 3.05) is 45.6 Å². The Morgan fingerprint density at radius 1 is 1.37 bits per heavy atom. The number of piperidine rings is 1. The lowest BCUT2D eigenvalue weighted by atomic mass is 10.0. The topological polar surface area (TPSA) is 24.5 Å². The Balaban J connectivity index is 2.23. The van der Waals surface area contributed by atoms with Crippen molar-refractivity contribution in [3.63, 3.8) is 0 Å². The molecule has 1 aliphatic heterocycles. The summed E-state index contributed by atoms with van der Waals surface area (Å²) in [6, 6.07) is 0.361. The first-order valence-corrected chi connectivity index (χ1v) is 7.66. The van der Waals surface area contributed by atoms with Crippen molar-refractivity contribution in [1.29, 1.82) is 0 Å². The zero-order valence-corrected chi connectivity index (χ0v) is 12.2. The highest BCUT2D eigenvalue weighted by Crippen LogP contribution is 2.30. The van der Waals surface area contributed by atoms with E-state index in [1.54, 1.807) is 7.11 Å². The Morgan fingerprint density at radius 3 is 2.84 bits per heavy atom. The number of thioether (sulfide) groups is 1. The zero-order chi connectivity index (χ0) is 14.1. The number of hydrogen-bond acceptors (Lipinski definition) is 4. The Hall–Kier alpha value is 0.0200. The molecule has 0 radical (unpaired) electrons. The molecule has 0 spiro atoms.